The van der Waals surface area contributed by atoms with Crippen molar-refractivity contribution in [2.45, 2.75) is 46.4 Å². The third-order valence-electron chi connectivity index (χ3n) is 5.01. The molecule has 0 saturated heterocycles. The molecule has 0 saturated carbocycles. The minimum atomic E-state index is -1.03. The minimum Gasteiger partial charge on any atom is -0.383 e. The van der Waals surface area contributed by atoms with Gasteiger partial charge in [0.2, 0.25) is 0 Å². The molecule has 1 unspecified atom stereocenters. The highest BCUT2D eigenvalue weighted by Gasteiger charge is 2.24. The Bertz CT molecular complexity index is 768. The molecule has 0 aliphatic rings. The molecular formula is C22H37IN6O. The van der Waals surface area contributed by atoms with E-state index in [9.17, 15) is 5.11 Å². The van der Waals surface area contributed by atoms with Crippen molar-refractivity contribution in [3.63, 3.8) is 0 Å². The van der Waals surface area contributed by atoms with E-state index in [1.54, 1.807) is 17.8 Å². The molecule has 0 radical (unpaired) electrons. The normalized spacial score (nSPS) is 13.6. The highest BCUT2D eigenvalue weighted by atomic mass is 127. The number of halogens is 1. The van der Waals surface area contributed by atoms with Gasteiger partial charge in [-0.3, -0.25) is 9.58 Å². The van der Waals surface area contributed by atoms with Crippen LogP contribution in [0.25, 0.3) is 0 Å². The SMILES string of the molecule is CCNC(=NCc1ccc(CN(CC)CC)cc1)NCC(C)(O)c1cnn(C)c1.I. The van der Waals surface area contributed by atoms with Crippen molar-refractivity contribution in [3.05, 3.63) is 53.3 Å². The molecule has 1 aromatic heterocycles. The number of rotatable bonds is 10. The maximum Gasteiger partial charge on any atom is 0.191 e. The fourth-order valence-corrected chi connectivity index (χ4v) is 3.02. The first-order valence-electron chi connectivity index (χ1n) is 10.4. The molecule has 3 N–H and O–H groups in total. The summed E-state index contributed by atoms with van der Waals surface area (Å²) in [6.45, 7) is 12.9. The molecule has 2 rings (SSSR count). The highest BCUT2D eigenvalue weighted by molar-refractivity contribution is 14.0. The van der Waals surface area contributed by atoms with Crippen LogP contribution in [0.1, 0.15) is 44.4 Å². The van der Waals surface area contributed by atoms with E-state index in [2.05, 4.69) is 63.7 Å². The van der Waals surface area contributed by atoms with Crippen LogP contribution in [0.4, 0.5) is 0 Å². The topological polar surface area (TPSA) is 77.7 Å². The molecule has 0 spiro atoms. The van der Waals surface area contributed by atoms with Crippen molar-refractivity contribution < 1.29 is 5.11 Å². The zero-order valence-electron chi connectivity index (χ0n) is 18.9. The van der Waals surface area contributed by atoms with Crippen molar-refractivity contribution in [2.24, 2.45) is 12.0 Å². The Labute approximate surface area is 198 Å². The van der Waals surface area contributed by atoms with E-state index in [1.807, 2.05) is 20.2 Å². The van der Waals surface area contributed by atoms with Crippen LogP contribution in [0.5, 0.6) is 0 Å². The number of aliphatic hydroxyl groups is 1. The van der Waals surface area contributed by atoms with Gasteiger partial charge < -0.3 is 15.7 Å². The molecule has 1 atom stereocenters. The fraction of sp³-hybridized carbons (Fsp3) is 0.545. The molecule has 0 bridgehead atoms. The van der Waals surface area contributed by atoms with Crippen LogP contribution < -0.4 is 10.6 Å². The van der Waals surface area contributed by atoms with Crippen LogP contribution in [-0.4, -0.2) is 51.9 Å². The molecule has 0 aliphatic heterocycles. The summed E-state index contributed by atoms with van der Waals surface area (Å²) in [5, 5.41) is 21.4. The summed E-state index contributed by atoms with van der Waals surface area (Å²) < 4.78 is 1.69. The molecule has 30 heavy (non-hydrogen) atoms. The number of hydrogen-bond donors (Lipinski definition) is 3. The largest absolute Gasteiger partial charge is 0.383 e. The molecular weight excluding hydrogens is 491 g/mol. The van der Waals surface area contributed by atoms with Crippen molar-refractivity contribution >= 4 is 29.9 Å². The van der Waals surface area contributed by atoms with E-state index in [1.165, 1.54) is 5.56 Å². The number of benzene rings is 1. The third-order valence-corrected chi connectivity index (χ3v) is 5.01. The number of guanidine groups is 1. The first-order valence-corrected chi connectivity index (χ1v) is 10.4. The van der Waals surface area contributed by atoms with Crippen LogP contribution in [0.15, 0.2) is 41.7 Å². The summed E-state index contributed by atoms with van der Waals surface area (Å²) in [6, 6.07) is 8.63. The first kappa shape index (κ1) is 26.4. The van der Waals surface area contributed by atoms with Gasteiger partial charge in [-0.2, -0.15) is 5.10 Å². The van der Waals surface area contributed by atoms with Crippen LogP contribution in [0, 0.1) is 0 Å². The molecule has 2 aromatic rings. The summed E-state index contributed by atoms with van der Waals surface area (Å²) in [7, 11) is 1.84. The Morgan fingerprint density at radius 1 is 1.13 bits per heavy atom. The zero-order chi connectivity index (χ0) is 21.3. The number of aromatic nitrogens is 2. The third kappa shape index (κ3) is 8.23. The molecule has 8 heteroatoms. The van der Waals surface area contributed by atoms with E-state index in [0.29, 0.717) is 19.0 Å². The lowest BCUT2D eigenvalue weighted by atomic mass is 10.00. The molecule has 0 amide bonds. The van der Waals surface area contributed by atoms with Gasteiger partial charge in [0.25, 0.3) is 0 Å². The predicted molar refractivity (Wildman–Crippen MR) is 134 cm³/mol. The number of nitrogens with zero attached hydrogens (tertiary/aromatic N) is 4. The van der Waals surface area contributed by atoms with Crippen molar-refractivity contribution in [1.82, 2.24) is 25.3 Å². The van der Waals surface area contributed by atoms with Crippen molar-refractivity contribution in [1.29, 1.82) is 0 Å². The van der Waals surface area contributed by atoms with Gasteiger partial charge in [-0.1, -0.05) is 38.1 Å². The second kappa shape index (κ2) is 12.9. The number of aliphatic imine (C=N–C) groups is 1. The lowest BCUT2D eigenvalue weighted by Crippen LogP contribution is -2.44. The van der Waals surface area contributed by atoms with Gasteiger partial charge in [0.05, 0.1) is 19.3 Å². The first-order chi connectivity index (χ1) is 13.9. The van der Waals surface area contributed by atoms with Gasteiger partial charge in [-0.25, -0.2) is 4.99 Å². The van der Waals surface area contributed by atoms with Gasteiger partial charge in [-0.15, -0.1) is 24.0 Å². The molecule has 0 aliphatic carbocycles. The average molecular weight is 528 g/mol. The van der Waals surface area contributed by atoms with Gasteiger partial charge in [0.15, 0.2) is 5.96 Å². The maximum absolute atomic E-state index is 10.7. The standard InChI is InChI=1S/C22H36N6O.HI/c1-6-23-21(25-17-22(4,29)20-14-26-27(5)16-20)24-13-18-9-11-19(12-10-18)15-28(7-2)8-3;/h9-12,14,16,29H,6-8,13,15,17H2,1-5H3,(H2,23,24,25);1H. The molecule has 1 heterocycles. The van der Waals surface area contributed by atoms with Crippen molar-refractivity contribution in [3.8, 4) is 0 Å². The van der Waals surface area contributed by atoms with Crippen LogP contribution in [0.3, 0.4) is 0 Å². The fourth-order valence-electron chi connectivity index (χ4n) is 3.02. The quantitative estimate of drug-likeness (QED) is 0.251. The summed E-state index contributed by atoms with van der Waals surface area (Å²) in [5.74, 6) is 0.684. The van der Waals surface area contributed by atoms with Crippen LogP contribution in [-0.2, 0) is 25.7 Å². The summed E-state index contributed by atoms with van der Waals surface area (Å²) >= 11 is 0. The second-order valence-corrected chi connectivity index (χ2v) is 7.50. The van der Waals surface area contributed by atoms with E-state index < -0.39 is 5.60 Å². The summed E-state index contributed by atoms with van der Waals surface area (Å²) in [6.07, 6.45) is 3.51. The Kier molecular flexibility index (Phi) is 11.4. The average Bonchev–Trinajstić information content (AvgIpc) is 3.16. The molecule has 0 fully saturated rings. The summed E-state index contributed by atoms with van der Waals surface area (Å²) in [5.41, 5.74) is 2.21. The van der Waals surface area contributed by atoms with Crippen LogP contribution >= 0.6 is 24.0 Å². The van der Waals surface area contributed by atoms with Gasteiger partial charge in [-0.05, 0) is 38.1 Å². The molecule has 1 aromatic carbocycles. The van der Waals surface area contributed by atoms with E-state index in [0.717, 1.165) is 37.3 Å². The van der Waals surface area contributed by atoms with E-state index in [4.69, 9.17) is 0 Å². The smallest absolute Gasteiger partial charge is 0.191 e. The second-order valence-electron chi connectivity index (χ2n) is 7.50. The highest BCUT2D eigenvalue weighted by Crippen LogP contribution is 2.18. The van der Waals surface area contributed by atoms with Gasteiger partial charge in [0.1, 0.15) is 5.60 Å². The Hall–Kier alpha value is -1.65. The van der Waals surface area contributed by atoms with Gasteiger partial charge in [0, 0.05) is 31.9 Å². The summed E-state index contributed by atoms with van der Waals surface area (Å²) in [4.78, 5) is 7.06. The van der Waals surface area contributed by atoms with E-state index in [-0.39, 0.29) is 24.0 Å². The van der Waals surface area contributed by atoms with Crippen LogP contribution in [0.2, 0.25) is 0 Å². The van der Waals surface area contributed by atoms with Crippen molar-refractivity contribution in [2.75, 3.05) is 26.2 Å². The van der Waals surface area contributed by atoms with E-state index >= 15 is 0 Å². The number of nitrogens with one attached hydrogen (secondary N) is 2. The lowest BCUT2D eigenvalue weighted by molar-refractivity contribution is 0.0616. The number of aryl methyl sites for hydroxylation is 1. The van der Waals surface area contributed by atoms with Gasteiger partial charge >= 0.3 is 0 Å². The Balaban J connectivity index is 0.00000450. The Morgan fingerprint density at radius 2 is 1.77 bits per heavy atom. The monoisotopic (exact) mass is 528 g/mol. The predicted octanol–water partition coefficient (Wildman–Crippen LogP) is 2.84. The molecule has 7 nitrogen and oxygen atoms in total. The minimum absolute atomic E-state index is 0. The zero-order valence-corrected chi connectivity index (χ0v) is 21.2. The molecule has 168 valence electrons. The Morgan fingerprint density at radius 3 is 2.30 bits per heavy atom. The number of hydrogen-bond acceptors (Lipinski definition) is 4. The lowest BCUT2D eigenvalue weighted by Gasteiger charge is -2.23. The maximum atomic E-state index is 10.7.